The van der Waals surface area contributed by atoms with Gasteiger partial charge in [-0.3, -0.25) is 9.59 Å². The highest BCUT2D eigenvalue weighted by molar-refractivity contribution is 6.35. The Hall–Kier alpha value is -5.04. The summed E-state index contributed by atoms with van der Waals surface area (Å²) in [7, 11) is 0. The van der Waals surface area contributed by atoms with Crippen LogP contribution in [-0.4, -0.2) is 31.8 Å². The topological polar surface area (TPSA) is 94.7 Å². The smallest absolute Gasteiger partial charge is 0.266 e. The Balaban J connectivity index is 1.55. The van der Waals surface area contributed by atoms with Gasteiger partial charge in [-0.05, 0) is 78.9 Å². The van der Waals surface area contributed by atoms with Crippen molar-refractivity contribution in [1.82, 2.24) is 19.9 Å². The van der Waals surface area contributed by atoms with Crippen molar-refractivity contribution >= 4 is 63.9 Å². The van der Waals surface area contributed by atoms with Gasteiger partial charge in [-0.15, -0.1) is 0 Å². The third kappa shape index (κ3) is 3.13. The molecule has 0 fully saturated rings. The number of carbonyl (C=O) groups excluding carboxylic acids is 2. The number of anilines is 1. The summed E-state index contributed by atoms with van der Waals surface area (Å²) >= 11 is 0. The molecule has 7 nitrogen and oxygen atoms in total. The summed E-state index contributed by atoms with van der Waals surface area (Å²) in [5.41, 5.74) is 7.29. The van der Waals surface area contributed by atoms with Gasteiger partial charge in [-0.2, -0.15) is 0 Å². The summed E-state index contributed by atoms with van der Waals surface area (Å²) < 4.78 is 0. The normalized spacial score (nSPS) is 14.1. The predicted octanol–water partition coefficient (Wildman–Crippen LogP) is 5.46. The van der Waals surface area contributed by atoms with Gasteiger partial charge in [0.05, 0.1) is 39.4 Å². The second kappa shape index (κ2) is 7.23. The molecule has 2 amide bonds. The Morgan fingerprint density at radius 2 is 1.14 bits per heavy atom. The number of rotatable bonds is 1. The number of carbonyl (C=O) groups is 2. The maximum absolute atomic E-state index is 13.4. The maximum Gasteiger partial charge on any atom is 0.266 e. The van der Waals surface area contributed by atoms with Crippen LogP contribution < -0.4 is 4.90 Å². The molecule has 3 aliphatic heterocycles. The SMILES string of the molecule is O=C1c2ccccc2C(=O)N1c1c2nc(cc3ccc(cc4nc(cc5ccc1[nH]5)C=C4)[nH]3)C=C2. The lowest BCUT2D eigenvalue weighted by Gasteiger charge is -2.15. The van der Waals surface area contributed by atoms with Crippen molar-refractivity contribution in [2.45, 2.75) is 0 Å². The lowest BCUT2D eigenvalue weighted by molar-refractivity contribution is 0.0926. The fourth-order valence-electron chi connectivity index (χ4n) is 4.62. The van der Waals surface area contributed by atoms with Crippen LogP contribution in [0, 0.1) is 0 Å². The van der Waals surface area contributed by atoms with Crippen LogP contribution >= 0.6 is 0 Å². The first kappa shape index (κ1) is 19.4. The highest BCUT2D eigenvalue weighted by Crippen LogP contribution is 2.34. The molecule has 0 spiro atoms. The molecule has 7 rings (SSSR count). The molecule has 0 atom stereocenters. The van der Waals surface area contributed by atoms with Crippen molar-refractivity contribution in [3.63, 3.8) is 0 Å². The zero-order valence-electron chi connectivity index (χ0n) is 18.3. The third-order valence-electron chi connectivity index (χ3n) is 6.21. The van der Waals surface area contributed by atoms with Crippen molar-refractivity contribution in [3.8, 4) is 0 Å². The van der Waals surface area contributed by atoms with E-state index in [9.17, 15) is 9.59 Å². The number of benzene rings is 1. The first-order valence-corrected chi connectivity index (χ1v) is 11.2. The summed E-state index contributed by atoms with van der Waals surface area (Å²) in [6.07, 6.45) is 7.60. The number of imide groups is 1. The first-order chi connectivity index (χ1) is 17.1. The Labute approximate surface area is 199 Å². The molecule has 3 aromatic heterocycles. The molecular weight excluding hydrogens is 438 g/mol. The van der Waals surface area contributed by atoms with Gasteiger partial charge < -0.3 is 9.97 Å². The molecular formula is C28H17N5O2. The summed E-state index contributed by atoms with van der Waals surface area (Å²) in [5.74, 6) is -0.730. The summed E-state index contributed by atoms with van der Waals surface area (Å²) in [6.45, 7) is 0. The molecule has 1 aromatic carbocycles. The Kier molecular flexibility index (Phi) is 4.01. The summed E-state index contributed by atoms with van der Waals surface area (Å²) in [4.78, 5) is 44.1. The van der Waals surface area contributed by atoms with E-state index in [1.54, 1.807) is 24.3 Å². The molecule has 6 heterocycles. The molecule has 2 N–H and O–H groups in total. The van der Waals surface area contributed by atoms with E-state index in [1.807, 2.05) is 66.8 Å². The Bertz CT molecular complexity index is 1770. The van der Waals surface area contributed by atoms with Crippen LogP contribution in [-0.2, 0) is 0 Å². The monoisotopic (exact) mass is 455 g/mol. The molecule has 0 aliphatic carbocycles. The zero-order valence-corrected chi connectivity index (χ0v) is 18.3. The van der Waals surface area contributed by atoms with Crippen LogP contribution in [0.4, 0.5) is 5.69 Å². The van der Waals surface area contributed by atoms with Crippen LogP contribution in [0.3, 0.4) is 0 Å². The van der Waals surface area contributed by atoms with Gasteiger partial charge in [-0.25, -0.2) is 14.9 Å². The number of aromatic amines is 2. The average Bonchev–Trinajstić information content (AvgIpc) is 3.68. The molecule has 0 saturated carbocycles. The van der Waals surface area contributed by atoms with Crippen molar-refractivity contribution in [2.24, 2.45) is 0 Å². The molecule has 3 aliphatic rings. The van der Waals surface area contributed by atoms with Gasteiger partial charge in [-0.1, -0.05) is 12.1 Å². The fourth-order valence-corrected chi connectivity index (χ4v) is 4.62. The fraction of sp³-hybridized carbons (Fsp3) is 0. The minimum Gasteiger partial charge on any atom is -0.355 e. The molecule has 0 radical (unpaired) electrons. The number of nitrogens with zero attached hydrogens (tertiary/aromatic N) is 3. The highest BCUT2D eigenvalue weighted by Gasteiger charge is 2.38. The van der Waals surface area contributed by atoms with Crippen LogP contribution in [0.5, 0.6) is 0 Å². The summed E-state index contributed by atoms with van der Waals surface area (Å²) in [5, 5.41) is 0. The maximum atomic E-state index is 13.4. The van der Waals surface area contributed by atoms with E-state index in [2.05, 4.69) is 15.0 Å². The molecule has 7 heteroatoms. The molecule has 0 unspecified atom stereocenters. The lowest BCUT2D eigenvalue weighted by Crippen LogP contribution is -2.30. The van der Waals surface area contributed by atoms with E-state index in [0.717, 1.165) is 27.9 Å². The number of amides is 2. The zero-order chi connectivity index (χ0) is 23.5. The first-order valence-electron chi connectivity index (χ1n) is 11.2. The third-order valence-corrected chi connectivity index (χ3v) is 6.21. The molecule has 8 bridgehead atoms. The van der Waals surface area contributed by atoms with E-state index < -0.39 is 0 Å². The van der Waals surface area contributed by atoms with E-state index in [4.69, 9.17) is 4.98 Å². The molecule has 35 heavy (non-hydrogen) atoms. The number of fused-ring (bicyclic) bond motifs is 9. The van der Waals surface area contributed by atoms with Crippen molar-refractivity contribution < 1.29 is 9.59 Å². The molecule has 166 valence electrons. The van der Waals surface area contributed by atoms with Crippen molar-refractivity contribution in [2.75, 3.05) is 4.90 Å². The van der Waals surface area contributed by atoms with E-state index in [0.29, 0.717) is 33.7 Å². The Morgan fingerprint density at radius 1 is 0.600 bits per heavy atom. The van der Waals surface area contributed by atoms with E-state index in [1.165, 1.54) is 4.90 Å². The second-order valence-electron chi connectivity index (χ2n) is 8.52. The number of H-pyrrole nitrogens is 2. The van der Waals surface area contributed by atoms with Gasteiger partial charge >= 0.3 is 0 Å². The number of hydrogen-bond acceptors (Lipinski definition) is 4. The van der Waals surface area contributed by atoms with E-state index in [-0.39, 0.29) is 11.8 Å². The predicted molar refractivity (Wildman–Crippen MR) is 136 cm³/mol. The van der Waals surface area contributed by atoms with Gasteiger partial charge in [0.15, 0.2) is 0 Å². The Morgan fingerprint density at radius 3 is 1.80 bits per heavy atom. The number of aromatic nitrogens is 4. The minimum atomic E-state index is -0.365. The van der Waals surface area contributed by atoms with Crippen LogP contribution in [0.1, 0.15) is 43.5 Å². The second-order valence-corrected chi connectivity index (χ2v) is 8.52. The van der Waals surface area contributed by atoms with Gasteiger partial charge in [0, 0.05) is 16.6 Å². The quantitative estimate of drug-likeness (QED) is 0.322. The van der Waals surface area contributed by atoms with Gasteiger partial charge in [0.2, 0.25) is 0 Å². The number of hydrogen-bond donors (Lipinski definition) is 2. The van der Waals surface area contributed by atoms with Crippen LogP contribution in [0.15, 0.2) is 66.7 Å². The lowest BCUT2D eigenvalue weighted by atomic mass is 10.1. The molecule has 0 saturated heterocycles. The van der Waals surface area contributed by atoms with Crippen molar-refractivity contribution in [1.29, 1.82) is 0 Å². The van der Waals surface area contributed by atoms with Crippen LogP contribution in [0.2, 0.25) is 0 Å². The van der Waals surface area contributed by atoms with Crippen LogP contribution in [0.25, 0.3) is 46.4 Å². The standard InChI is InChI=1S/C28H17N5O2/c34-27-22-3-1-2-4-23(22)28(35)33(27)26-24-11-9-20(31-24)14-18-7-5-16(29-18)13-17-6-8-19(30-17)15-21-10-12-25(26)32-21/h1-15,29,32H. The number of nitrogens with one attached hydrogen (secondary N) is 2. The highest BCUT2D eigenvalue weighted by atomic mass is 16.2. The van der Waals surface area contributed by atoms with Gasteiger partial charge in [0.1, 0.15) is 5.69 Å². The van der Waals surface area contributed by atoms with Gasteiger partial charge in [0.25, 0.3) is 11.8 Å². The largest absolute Gasteiger partial charge is 0.355 e. The van der Waals surface area contributed by atoms with E-state index >= 15 is 0 Å². The molecule has 4 aromatic rings. The van der Waals surface area contributed by atoms with Crippen molar-refractivity contribution in [3.05, 3.63) is 101 Å². The average molecular weight is 455 g/mol. The minimum absolute atomic E-state index is 0.365. The summed E-state index contributed by atoms with van der Waals surface area (Å²) in [6, 6.07) is 20.4.